The Kier molecular flexibility index (Phi) is 12.2. The van der Waals surface area contributed by atoms with Gasteiger partial charge in [0.25, 0.3) is 0 Å². The van der Waals surface area contributed by atoms with Crippen molar-refractivity contribution in [3.05, 3.63) is 0 Å². The molecule has 206 valence electrons. The van der Waals surface area contributed by atoms with Gasteiger partial charge in [0.1, 0.15) is 23.3 Å². The third-order valence-electron chi connectivity index (χ3n) is 4.09. The lowest BCUT2D eigenvalue weighted by Crippen LogP contribution is -2.63. The van der Waals surface area contributed by atoms with Crippen LogP contribution in [-0.4, -0.2) is 85.5 Å². The Morgan fingerprint density at radius 1 is 0.556 bits per heavy atom. The molecule has 36 heavy (non-hydrogen) atoms. The number of ether oxygens (including phenoxy) is 4. The summed E-state index contributed by atoms with van der Waals surface area (Å²) in [4.78, 5) is 74.1. The van der Waals surface area contributed by atoms with Gasteiger partial charge in [-0.25, -0.2) is 19.2 Å². The number of nitrogens with one attached hydrogen (secondary N) is 4. The zero-order valence-electron chi connectivity index (χ0n) is 22.4. The number of amides is 4. The minimum absolute atomic E-state index is 0.820. The summed E-state index contributed by atoms with van der Waals surface area (Å²) in [6, 6.07) is -5.88. The average molecular weight is 519 g/mol. The zero-order valence-corrected chi connectivity index (χ0v) is 22.4. The second-order valence-electron chi connectivity index (χ2n) is 9.75. The van der Waals surface area contributed by atoms with Gasteiger partial charge in [-0.15, -0.1) is 0 Å². The van der Waals surface area contributed by atoms with Crippen LogP contribution in [0.1, 0.15) is 55.4 Å². The quantitative estimate of drug-likeness (QED) is 0.241. The first-order chi connectivity index (χ1) is 16.3. The summed E-state index contributed by atoms with van der Waals surface area (Å²) < 4.78 is 19.5. The van der Waals surface area contributed by atoms with E-state index in [9.17, 15) is 28.8 Å². The summed E-state index contributed by atoms with van der Waals surface area (Å²) in [5.74, 6) is -3.95. The summed E-state index contributed by atoms with van der Waals surface area (Å²) in [5.41, 5.74) is -1.64. The lowest BCUT2D eigenvalue weighted by Gasteiger charge is -2.28. The minimum Gasteiger partial charge on any atom is -0.467 e. The van der Waals surface area contributed by atoms with Crippen molar-refractivity contribution in [3.8, 4) is 0 Å². The molecule has 0 aromatic rings. The molecule has 0 unspecified atom stereocenters. The fourth-order valence-electron chi connectivity index (χ4n) is 2.47. The molecule has 0 aliphatic heterocycles. The predicted octanol–water partition coefficient (Wildman–Crippen LogP) is 0.128. The molecule has 0 aliphatic rings. The van der Waals surface area contributed by atoms with Gasteiger partial charge in [0.2, 0.25) is 11.8 Å². The van der Waals surface area contributed by atoms with Crippen molar-refractivity contribution in [2.75, 3.05) is 14.2 Å². The van der Waals surface area contributed by atoms with E-state index >= 15 is 0 Å². The van der Waals surface area contributed by atoms with E-state index in [2.05, 4.69) is 30.7 Å². The summed E-state index contributed by atoms with van der Waals surface area (Å²) in [7, 11) is 2.01. The second-order valence-corrected chi connectivity index (χ2v) is 9.75. The Bertz CT molecular complexity index is 764. The van der Waals surface area contributed by atoms with Crippen LogP contribution in [0.3, 0.4) is 0 Å². The Balaban J connectivity index is 5.61. The number of methoxy groups -OCH3 is 2. The molecule has 14 nitrogen and oxygen atoms in total. The first kappa shape index (κ1) is 32.4. The van der Waals surface area contributed by atoms with Gasteiger partial charge in [0, 0.05) is 0 Å². The van der Waals surface area contributed by atoms with Crippen LogP contribution >= 0.6 is 0 Å². The third-order valence-corrected chi connectivity index (χ3v) is 4.09. The fourth-order valence-corrected chi connectivity index (χ4v) is 2.47. The van der Waals surface area contributed by atoms with E-state index in [1.54, 1.807) is 41.5 Å². The van der Waals surface area contributed by atoms with Crippen molar-refractivity contribution in [1.29, 1.82) is 0 Å². The molecule has 4 amide bonds. The molecule has 0 radical (unpaired) electrons. The highest BCUT2D eigenvalue weighted by atomic mass is 16.6. The van der Waals surface area contributed by atoms with Crippen LogP contribution in [-0.2, 0) is 38.1 Å². The topological polar surface area (TPSA) is 187 Å². The maximum absolute atomic E-state index is 12.7. The highest BCUT2D eigenvalue weighted by Gasteiger charge is 2.40. The molecule has 0 spiro atoms. The molecule has 0 saturated heterocycles. The van der Waals surface area contributed by atoms with Gasteiger partial charge in [-0.05, 0) is 55.4 Å². The SMILES string of the molecule is COC(=O)[C@@H](NC(=O)[C@H](C)NC(=O)OC(C)(C)C)[C@@H](NC(=O)[C@H](C)NC(=O)OC(C)(C)C)C(=O)OC. The van der Waals surface area contributed by atoms with Gasteiger partial charge >= 0.3 is 24.1 Å². The van der Waals surface area contributed by atoms with Crippen LogP contribution in [0.5, 0.6) is 0 Å². The summed E-state index contributed by atoms with van der Waals surface area (Å²) in [6.07, 6.45) is -1.78. The third kappa shape index (κ3) is 12.2. The number of esters is 2. The van der Waals surface area contributed by atoms with Crippen molar-refractivity contribution in [2.45, 2.75) is 90.8 Å². The molecule has 0 aromatic heterocycles. The van der Waals surface area contributed by atoms with Crippen LogP contribution in [0, 0.1) is 0 Å². The molecule has 0 fully saturated rings. The van der Waals surface area contributed by atoms with E-state index in [1.807, 2.05) is 0 Å². The van der Waals surface area contributed by atoms with Crippen molar-refractivity contribution >= 4 is 35.9 Å². The number of alkyl carbamates (subject to hydrolysis) is 2. The lowest BCUT2D eigenvalue weighted by molar-refractivity contribution is -0.154. The number of hydrogen-bond donors (Lipinski definition) is 4. The van der Waals surface area contributed by atoms with Crippen molar-refractivity contribution in [3.63, 3.8) is 0 Å². The number of rotatable bonds is 9. The minimum atomic E-state index is -1.74. The van der Waals surface area contributed by atoms with Crippen molar-refractivity contribution in [1.82, 2.24) is 21.3 Å². The number of carbonyl (C=O) groups is 6. The molecule has 0 rings (SSSR count). The maximum Gasteiger partial charge on any atom is 0.408 e. The molecule has 0 aliphatic carbocycles. The van der Waals surface area contributed by atoms with Crippen LogP contribution in [0.15, 0.2) is 0 Å². The van der Waals surface area contributed by atoms with Gasteiger partial charge < -0.3 is 40.2 Å². The number of hydrogen-bond acceptors (Lipinski definition) is 10. The van der Waals surface area contributed by atoms with Gasteiger partial charge in [-0.2, -0.15) is 0 Å². The number of carbonyl (C=O) groups excluding carboxylic acids is 6. The molecular formula is C22H38N4O10. The Labute approximate surface area is 210 Å². The van der Waals surface area contributed by atoms with Gasteiger partial charge in [-0.3, -0.25) is 9.59 Å². The first-order valence-corrected chi connectivity index (χ1v) is 11.1. The molecule has 0 heterocycles. The van der Waals surface area contributed by atoms with E-state index in [1.165, 1.54) is 13.8 Å². The first-order valence-electron chi connectivity index (χ1n) is 11.1. The van der Waals surface area contributed by atoms with E-state index < -0.39 is 71.3 Å². The van der Waals surface area contributed by atoms with Crippen molar-refractivity contribution in [2.24, 2.45) is 0 Å². The van der Waals surface area contributed by atoms with Crippen LogP contribution in [0.25, 0.3) is 0 Å². The highest BCUT2D eigenvalue weighted by Crippen LogP contribution is 2.08. The molecule has 4 N–H and O–H groups in total. The molecule has 0 bridgehead atoms. The van der Waals surface area contributed by atoms with E-state index in [-0.39, 0.29) is 0 Å². The molecule has 14 heteroatoms. The average Bonchev–Trinajstić information content (AvgIpc) is 2.71. The normalized spacial score (nSPS) is 14.6. The summed E-state index contributed by atoms with van der Waals surface area (Å²) in [6.45, 7) is 12.4. The Morgan fingerprint density at radius 2 is 0.833 bits per heavy atom. The molecule has 0 saturated carbocycles. The van der Waals surface area contributed by atoms with E-state index in [0.717, 1.165) is 14.2 Å². The lowest BCUT2D eigenvalue weighted by atomic mass is 10.1. The Morgan fingerprint density at radius 3 is 1.06 bits per heavy atom. The monoisotopic (exact) mass is 518 g/mol. The molecular weight excluding hydrogens is 480 g/mol. The van der Waals surface area contributed by atoms with Gasteiger partial charge in [0.05, 0.1) is 14.2 Å². The predicted molar refractivity (Wildman–Crippen MR) is 126 cm³/mol. The Hall–Kier alpha value is -3.58. The molecule has 4 atom stereocenters. The zero-order chi connectivity index (χ0) is 28.4. The standard InChI is InChI=1S/C22H38N4O10/c1-11(23-19(31)35-21(3,4)5)15(27)25-13(17(29)33-9)14(18(30)34-10)26-16(28)12(2)24-20(32)36-22(6,7)8/h11-14H,1-10H3,(H,23,31)(H,24,32)(H,25,27)(H,26,28)/t11-,12-,13-,14+/m0/s1. The fraction of sp³-hybridized carbons (Fsp3) is 0.727. The summed E-state index contributed by atoms with van der Waals surface area (Å²) in [5, 5.41) is 9.09. The van der Waals surface area contributed by atoms with Crippen LogP contribution < -0.4 is 21.3 Å². The highest BCUT2D eigenvalue weighted by molar-refractivity contribution is 5.96. The summed E-state index contributed by atoms with van der Waals surface area (Å²) >= 11 is 0. The van der Waals surface area contributed by atoms with Gasteiger partial charge in [0.15, 0.2) is 12.1 Å². The van der Waals surface area contributed by atoms with E-state index in [0.29, 0.717) is 0 Å². The van der Waals surface area contributed by atoms with Crippen molar-refractivity contribution < 1.29 is 47.7 Å². The van der Waals surface area contributed by atoms with E-state index in [4.69, 9.17) is 9.47 Å². The van der Waals surface area contributed by atoms with Crippen LogP contribution in [0.4, 0.5) is 9.59 Å². The smallest absolute Gasteiger partial charge is 0.408 e. The maximum atomic E-state index is 12.7. The largest absolute Gasteiger partial charge is 0.467 e. The van der Waals surface area contributed by atoms with Crippen LogP contribution in [0.2, 0.25) is 0 Å². The van der Waals surface area contributed by atoms with Gasteiger partial charge in [-0.1, -0.05) is 0 Å². The molecule has 0 aromatic carbocycles. The second kappa shape index (κ2) is 13.5.